The largest absolute Gasteiger partial charge is 0.484 e. The maximum atomic E-state index is 13.6. The molecule has 0 N–H and O–H groups in total. The molecule has 0 saturated heterocycles. The van der Waals surface area contributed by atoms with Gasteiger partial charge in [0.05, 0.1) is 29.1 Å². The molecule has 1 unspecified atom stereocenters. The van der Waals surface area contributed by atoms with E-state index in [0.29, 0.717) is 16.0 Å². The second-order valence-electron chi connectivity index (χ2n) is 9.88. The second-order valence-corrected chi connectivity index (χ2v) is 10.9. The van der Waals surface area contributed by atoms with Gasteiger partial charge in [0.15, 0.2) is 4.88 Å². The predicted octanol–water partition coefficient (Wildman–Crippen LogP) is 7.12. The third kappa shape index (κ3) is 6.08. The van der Waals surface area contributed by atoms with E-state index in [0.717, 1.165) is 23.0 Å². The number of fused-ring (bicyclic) bond motifs is 1. The average molecular weight is 561 g/mol. The van der Waals surface area contributed by atoms with Gasteiger partial charge in [-0.3, -0.25) is 9.36 Å². The molecule has 2 heterocycles. The number of nitrogens with zero attached hydrogens (tertiary/aromatic N) is 2. The second kappa shape index (κ2) is 10.7. The van der Waals surface area contributed by atoms with Crippen molar-refractivity contribution in [3.05, 3.63) is 76.4 Å². The molecule has 206 valence electrons. The number of halogens is 3. The van der Waals surface area contributed by atoms with Gasteiger partial charge in [-0.05, 0) is 51.5 Å². The van der Waals surface area contributed by atoms with Gasteiger partial charge in [0, 0.05) is 11.6 Å². The number of ether oxygens (including phenoxy) is 3. The lowest BCUT2D eigenvalue weighted by molar-refractivity contribution is -0.154. The van der Waals surface area contributed by atoms with E-state index in [-0.39, 0.29) is 28.8 Å². The number of aromatic nitrogens is 2. The lowest BCUT2D eigenvalue weighted by Gasteiger charge is -2.19. The molecule has 0 saturated carbocycles. The highest BCUT2D eigenvalue weighted by Gasteiger charge is 2.35. The highest BCUT2D eigenvalue weighted by atomic mass is 32.1. The Morgan fingerprint density at radius 3 is 2.46 bits per heavy atom. The lowest BCUT2D eigenvalue weighted by atomic mass is 9.97. The van der Waals surface area contributed by atoms with Crippen LogP contribution in [-0.2, 0) is 27.1 Å². The Labute approximate surface area is 227 Å². The summed E-state index contributed by atoms with van der Waals surface area (Å²) in [6, 6.07) is 12.1. The van der Waals surface area contributed by atoms with E-state index in [2.05, 4.69) is 4.98 Å². The molecule has 0 bridgehead atoms. The van der Waals surface area contributed by atoms with Crippen LogP contribution in [0.5, 0.6) is 5.75 Å². The van der Waals surface area contributed by atoms with Gasteiger partial charge in [0.2, 0.25) is 0 Å². The summed E-state index contributed by atoms with van der Waals surface area (Å²) in [5.41, 5.74) is 0.564. The van der Waals surface area contributed by atoms with Crippen molar-refractivity contribution in [3.63, 3.8) is 0 Å². The van der Waals surface area contributed by atoms with E-state index < -0.39 is 29.2 Å². The summed E-state index contributed by atoms with van der Waals surface area (Å²) in [5.74, 6) is -0.930. The Kier molecular flexibility index (Phi) is 7.74. The van der Waals surface area contributed by atoms with Crippen LogP contribution in [0, 0.1) is 5.41 Å². The molecule has 0 aliphatic rings. The minimum absolute atomic E-state index is 0.0592. The molecule has 0 amide bonds. The Hall–Kier alpha value is -3.86. The number of carbonyl (C=O) groups is 2. The third-order valence-corrected chi connectivity index (χ3v) is 6.99. The molecule has 0 aliphatic heterocycles. The number of hydrogen-bond acceptors (Lipinski definition) is 7. The van der Waals surface area contributed by atoms with Crippen molar-refractivity contribution >= 4 is 34.3 Å². The molecule has 39 heavy (non-hydrogen) atoms. The topological polar surface area (TPSA) is 79.7 Å². The summed E-state index contributed by atoms with van der Waals surface area (Å²) in [5, 5.41) is 0.535. The van der Waals surface area contributed by atoms with E-state index in [1.165, 1.54) is 32.2 Å². The van der Waals surface area contributed by atoms with Crippen molar-refractivity contribution in [2.45, 2.75) is 46.6 Å². The maximum absolute atomic E-state index is 13.6. The molecule has 7 nitrogen and oxygen atoms in total. The van der Waals surface area contributed by atoms with Crippen molar-refractivity contribution < 1.29 is 37.0 Å². The van der Waals surface area contributed by atoms with E-state index in [1.54, 1.807) is 49.9 Å². The first-order chi connectivity index (χ1) is 18.3. The molecule has 4 rings (SSSR count). The van der Waals surface area contributed by atoms with Crippen LogP contribution in [0.15, 0.2) is 54.9 Å². The molecule has 0 spiro atoms. The number of methoxy groups -OCH3 is 1. The van der Waals surface area contributed by atoms with Crippen molar-refractivity contribution in [1.82, 2.24) is 9.55 Å². The fourth-order valence-corrected chi connectivity index (χ4v) is 4.84. The number of hydrogen-bond donors (Lipinski definition) is 0. The highest BCUT2D eigenvalue weighted by Crippen LogP contribution is 2.39. The first-order valence-electron chi connectivity index (χ1n) is 12.0. The van der Waals surface area contributed by atoms with Crippen LogP contribution in [0.25, 0.3) is 16.0 Å². The minimum Gasteiger partial charge on any atom is -0.484 e. The smallest absolute Gasteiger partial charge is 0.416 e. The first-order valence-corrected chi connectivity index (χ1v) is 12.8. The SMILES string of the molecule is COC(=O)c1sc(-n2cnc3ccc(COC(=O)C(C)(C)C)cc32)cc1OC(C)c1ccccc1C(F)(F)F. The van der Waals surface area contributed by atoms with Crippen molar-refractivity contribution in [2.75, 3.05) is 7.11 Å². The van der Waals surface area contributed by atoms with E-state index >= 15 is 0 Å². The van der Waals surface area contributed by atoms with Gasteiger partial charge in [-0.1, -0.05) is 24.3 Å². The minimum atomic E-state index is -4.56. The zero-order chi connectivity index (χ0) is 28.5. The number of esters is 2. The standard InChI is InChI=1S/C28H27F3N2O5S/c1-16(18-8-6-7-9-19(18)28(29,30)31)38-22-13-23(39-24(22)25(34)36-5)33-15-32-20-11-10-17(12-21(20)33)14-37-26(35)27(2,3)4/h6-13,15-16H,14H2,1-5H3. The summed E-state index contributed by atoms with van der Waals surface area (Å²) < 4.78 is 58.7. The summed E-state index contributed by atoms with van der Waals surface area (Å²) in [4.78, 5) is 29.2. The van der Waals surface area contributed by atoms with Gasteiger partial charge in [0.1, 0.15) is 29.8 Å². The molecule has 11 heteroatoms. The third-order valence-electron chi connectivity index (χ3n) is 5.90. The van der Waals surface area contributed by atoms with Crippen molar-refractivity contribution in [3.8, 4) is 10.8 Å². The molecule has 0 aliphatic carbocycles. The normalized spacial score (nSPS) is 12.8. The van der Waals surface area contributed by atoms with Crippen molar-refractivity contribution in [2.24, 2.45) is 5.41 Å². The molecule has 4 aromatic rings. The zero-order valence-corrected chi connectivity index (χ0v) is 22.8. The van der Waals surface area contributed by atoms with Crippen LogP contribution in [0.1, 0.15) is 60.2 Å². The fourth-order valence-electron chi connectivity index (χ4n) is 3.85. The van der Waals surface area contributed by atoms with Crippen molar-refractivity contribution in [1.29, 1.82) is 0 Å². The van der Waals surface area contributed by atoms with Crippen LogP contribution >= 0.6 is 11.3 Å². The molecular weight excluding hydrogens is 533 g/mol. The number of rotatable bonds is 7. The van der Waals surface area contributed by atoms with Gasteiger partial charge in [-0.2, -0.15) is 13.2 Å². The number of benzene rings is 2. The van der Waals surface area contributed by atoms with Gasteiger partial charge >= 0.3 is 18.1 Å². The number of carbonyl (C=O) groups excluding carboxylic acids is 2. The summed E-state index contributed by atoms with van der Waals surface area (Å²) >= 11 is 1.05. The van der Waals surface area contributed by atoms with Crippen LogP contribution in [-0.4, -0.2) is 28.6 Å². The van der Waals surface area contributed by atoms with E-state index in [4.69, 9.17) is 14.2 Å². The Balaban J connectivity index is 1.68. The quantitative estimate of drug-likeness (QED) is 0.224. The number of thiophene rings is 1. The van der Waals surface area contributed by atoms with Crippen LogP contribution in [0.2, 0.25) is 0 Å². The molecule has 0 fully saturated rings. The van der Waals surface area contributed by atoms with Crippen LogP contribution in [0.4, 0.5) is 13.2 Å². The molecule has 2 aromatic heterocycles. The first kappa shape index (κ1) is 28.2. The van der Waals surface area contributed by atoms with E-state index in [9.17, 15) is 22.8 Å². The van der Waals surface area contributed by atoms with Crippen LogP contribution in [0.3, 0.4) is 0 Å². The van der Waals surface area contributed by atoms with E-state index in [1.807, 2.05) is 6.07 Å². The molecular formula is C28H27F3N2O5S. The van der Waals surface area contributed by atoms with Gasteiger partial charge in [-0.15, -0.1) is 11.3 Å². The van der Waals surface area contributed by atoms with Gasteiger partial charge < -0.3 is 14.2 Å². The highest BCUT2D eigenvalue weighted by molar-refractivity contribution is 7.16. The van der Waals surface area contributed by atoms with Gasteiger partial charge in [0.25, 0.3) is 0 Å². The Morgan fingerprint density at radius 1 is 1.08 bits per heavy atom. The Morgan fingerprint density at radius 2 is 1.79 bits per heavy atom. The lowest BCUT2D eigenvalue weighted by Crippen LogP contribution is -2.22. The number of alkyl halides is 3. The Bertz CT molecular complexity index is 1520. The predicted molar refractivity (Wildman–Crippen MR) is 140 cm³/mol. The molecule has 0 radical (unpaired) electrons. The van der Waals surface area contributed by atoms with Crippen LogP contribution < -0.4 is 4.74 Å². The molecule has 1 atom stereocenters. The monoisotopic (exact) mass is 560 g/mol. The fraction of sp³-hybridized carbons (Fsp3) is 0.321. The maximum Gasteiger partial charge on any atom is 0.416 e. The summed E-state index contributed by atoms with van der Waals surface area (Å²) in [6.07, 6.45) is -4.01. The summed E-state index contributed by atoms with van der Waals surface area (Å²) in [7, 11) is 1.21. The zero-order valence-electron chi connectivity index (χ0n) is 22.0. The molecule has 2 aromatic carbocycles. The van der Waals surface area contributed by atoms with Gasteiger partial charge in [-0.25, -0.2) is 9.78 Å². The summed E-state index contributed by atoms with van der Waals surface area (Å²) in [6.45, 7) is 6.86. The average Bonchev–Trinajstić information content (AvgIpc) is 3.49. The number of imidazole rings is 1.